The number of aromatic nitrogens is 2. The minimum absolute atomic E-state index is 0.00111. The zero-order valence-electron chi connectivity index (χ0n) is 10.9. The zero-order valence-corrected chi connectivity index (χ0v) is 10.9. The molecule has 1 aromatic heterocycles. The van der Waals surface area contributed by atoms with Gasteiger partial charge in [-0.2, -0.15) is 0 Å². The monoisotopic (exact) mass is 257 g/mol. The van der Waals surface area contributed by atoms with Crippen LogP contribution in [0, 0.1) is 0 Å². The number of amides is 1. The molecule has 0 radical (unpaired) electrons. The fourth-order valence-corrected chi connectivity index (χ4v) is 2.54. The lowest BCUT2D eigenvalue weighted by Gasteiger charge is -2.18. The molecular weight excluding hydrogens is 242 g/mol. The molecule has 1 amide bonds. The van der Waals surface area contributed by atoms with Crippen molar-refractivity contribution in [1.82, 2.24) is 14.6 Å². The molecule has 1 aliphatic rings. The van der Waals surface area contributed by atoms with Gasteiger partial charge < -0.3 is 4.57 Å². The summed E-state index contributed by atoms with van der Waals surface area (Å²) < 4.78 is 2.05. The van der Waals surface area contributed by atoms with E-state index in [9.17, 15) is 4.79 Å². The van der Waals surface area contributed by atoms with Crippen molar-refractivity contribution in [1.29, 1.82) is 0 Å². The molecule has 0 bridgehead atoms. The third-order valence-electron chi connectivity index (χ3n) is 3.59. The summed E-state index contributed by atoms with van der Waals surface area (Å²) in [5.41, 5.74) is 3.38. The predicted molar refractivity (Wildman–Crippen MR) is 70.2 cm³/mol. The Morgan fingerprint density at radius 3 is 3.05 bits per heavy atom. The van der Waals surface area contributed by atoms with Crippen molar-refractivity contribution in [3.8, 4) is 11.3 Å². The standard InChI is InChI=1S/C14H15N3O2/c1-16(19-2)14(18)7-12-10-5-3-4-6-11(10)13-8-15-9-17(12)13/h3-6,8-9,12H,7H2,1-2H3. The summed E-state index contributed by atoms with van der Waals surface area (Å²) in [5, 5.41) is 1.26. The van der Waals surface area contributed by atoms with E-state index in [0.29, 0.717) is 6.42 Å². The fourth-order valence-electron chi connectivity index (χ4n) is 2.54. The Hall–Kier alpha value is -2.14. The van der Waals surface area contributed by atoms with Crippen molar-refractivity contribution in [2.45, 2.75) is 12.5 Å². The van der Waals surface area contributed by atoms with Crippen LogP contribution in [0.25, 0.3) is 11.3 Å². The van der Waals surface area contributed by atoms with Crippen molar-refractivity contribution in [2.24, 2.45) is 0 Å². The first-order valence-electron chi connectivity index (χ1n) is 6.14. The van der Waals surface area contributed by atoms with Crippen LogP contribution in [-0.4, -0.2) is 34.7 Å². The van der Waals surface area contributed by atoms with Gasteiger partial charge in [-0.15, -0.1) is 0 Å². The van der Waals surface area contributed by atoms with Crippen LogP contribution < -0.4 is 0 Å². The Morgan fingerprint density at radius 2 is 2.26 bits per heavy atom. The molecule has 2 heterocycles. The largest absolute Gasteiger partial charge is 0.322 e. The van der Waals surface area contributed by atoms with Crippen LogP contribution in [0.3, 0.4) is 0 Å². The van der Waals surface area contributed by atoms with E-state index in [0.717, 1.165) is 16.8 Å². The number of fused-ring (bicyclic) bond motifs is 3. The van der Waals surface area contributed by atoms with Crippen LogP contribution in [0.1, 0.15) is 18.0 Å². The van der Waals surface area contributed by atoms with Crippen molar-refractivity contribution in [3.05, 3.63) is 42.4 Å². The van der Waals surface area contributed by atoms with Crippen LogP contribution >= 0.6 is 0 Å². The normalized spacial score (nSPS) is 16.0. The van der Waals surface area contributed by atoms with E-state index in [4.69, 9.17) is 4.84 Å². The molecule has 19 heavy (non-hydrogen) atoms. The van der Waals surface area contributed by atoms with Crippen LogP contribution in [0.15, 0.2) is 36.8 Å². The summed E-state index contributed by atoms with van der Waals surface area (Å²) in [6.45, 7) is 0. The van der Waals surface area contributed by atoms with E-state index in [2.05, 4.69) is 17.1 Å². The topological polar surface area (TPSA) is 47.4 Å². The highest BCUT2D eigenvalue weighted by Gasteiger charge is 2.30. The molecule has 3 rings (SSSR count). The maximum Gasteiger partial charge on any atom is 0.248 e. The summed E-state index contributed by atoms with van der Waals surface area (Å²) in [5.74, 6) is -0.0520. The highest BCUT2D eigenvalue weighted by molar-refractivity contribution is 5.78. The Labute approximate surface area is 111 Å². The molecule has 1 unspecified atom stereocenters. The first-order chi connectivity index (χ1) is 9.22. The first kappa shape index (κ1) is 11.9. The SMILES string of the molecule is CON(C)C(=O)CC1c2ccccc2-c2cncn21. The zero-order chi connectivity index (χ0) is 13.4. The van der Waals surface area contributed by atoms with E-state index in [1.807, 2.05) is 22.9 Å². The second-order valence-electron chi connectivity index (χ2n) is 4.57. The minimum Gasteiger partial charge on any atom is -0.322 e. The summed E-state index contributed by atoms with van der Waals surface area (Å²) in [6, 6.07) is 8.12. The van der Waals surface area contributed by atoms with Gasteiger partial charge in [-0.05, 0) is 5.56 Å². The number of hydrogen-bond acceptors (Lipinski definition) is 3. The summed E-state index contributed by atoms with van der Waals surface area (Å²) >= 11 is 0. The van der Waals surface area contributed by atoms with E-state index < -0.39 is 0 Å². The molecule has 0 fully saturated rings. The van der Waals surface area contributed by atoms with Crippen LogP contribution in [0.4, 0.5) is 0 Å². The Balaban J connectivity index is 1.97. The average molecular weight is 257 g/mol. The second kappa shape index (κ2) is 4.51. The van der Waals surface area contributed by atoms with Gasteiger partial charge in [-0.25, -0.2) is 10.0 Å². The van der Waals surface area contributed by atoms with Gasteiger partial charge in [0.15, 0.2) is 0 Å². The summed E-state index contributed by atoms with van der Waals surface area (Å²) in [6.07, 6.45) is 3.98. The lowest BCUT2D eigenvalue weighted by Crippen LogP contribution is -2.27. The third-order valence-corrected chi connectivity index (χ3v) is 3.59. The molecule has 0 N–H and O–H groups in total. The molecule has 5 heteroatoms. The molecule has 1 aliphatic heterocycles. The maximum atomic E-state index is 12.0. The molecular formula is C14H15N3O2. The van der Waals surface area contributed by atoms with Gasteiger partial charge in [-0.3, -0.25) is 9.63 Å². The van der Waals surface area contributed by atoms with Crippen LogP contribution in [0.5, 0.6) is 0 Å². The lowest BCUT2D eigenvalue weighted by atomic mass is 10.0. The van der Waals surface area contributed by atoms with Gasteiger partial charge in [0.25, 0.3) is 0 Å². The lowest BCUT2D eigenvalue weighted by molar-refractivity contribution is -0.169. The van der Waals surface area contributed by atoms with E-state index in [1.54, 1.807) is 13.4 Å². The van der Waals surface area contributed by atoms with Gasteiger partial charge in [0, 0.05) is 12.6 Å². The Kier molecular flexibility index (Phi) is 2.83. The number of hydroxylamine groups is 2. The van der Waals surface area contributed by atoms with Crippen molar-refractivity contribution < 1.29 is 9.63 Å². The maximum absolute atomic E-state index is 12.0. The highest BCUT2D eigenvalue weighted by Crippen LogP contribution is 2.40. The average Bonchev–Trinajstić information content (AvgIpc) is 3.01. The smallest absolute Gasteiger partial charge is 0.248 e. The van der Waals surface area contributed by atoms with Crippen molar-refractivity contribution in [3.63, 3.8) is 0 Å². The number of imidazole rings is 1. The number of hydrogen-bond donors (Lipinski definition) is 0. The van der Waals surface area contributed by atoms with Crippen LogP contribution in [-0.2, 0) is 9.63 Å². The van der Waals surface area contributed by atoms with Crippen molar-refractivity contribution in [2.75, 3.05) is 14.2 Å². The molecule has 1 aromatic carbocycles. The number of carbonyl (C=O) groups excluding carboxylic acids is 1. The van der Waals surface area contributed by atoms with Gasteiger partial charge in [-0.1, -0.05) is 24.3 Å². The second-order valence-corrected chi connectivity index (χ2v) is 4.57. The fraction of sp³-hybridized carbons (Fsp3) is 0.286. The number of carbonyl (C=O) groups is 1. The van der Waals surface area contributed by atoms with E-state index >= 15 is 0 Å². The molecule has 1 atom stereocenters. The van der Waals surface area contributed by atoms with Gasteiger partial charge >= 0.3 is 0 Å². The van der Waals surface area contributed by atoms with Gasteiger partial charge in [0.1, 0.15) is 0 Å². The molecule has 98 valence electrons. The van der Waals surface area contributed by atoms with Crippen molar-refractivity contribution >= 4 is 5.91 Å². The molecule has 0 aliphatic carbocycles. The predicted octanol–water partition coefficient (Wildman–Crippen LogP) is 1.86. The minimum atomic E-state index is -0.0520. The molecule has 0 saturated carbocycles. The number of rotatable bonds is 3. The molecule has 5 nitrogen and oxygen atoms in total. The quantitative estimate of drug-likeness (QED) is 0.788. The molecule has 0 spiro atoms. The van der Waals surface area contributed by atoms with Gasteiger partial charge in [0.2, 0.25) is 5.91 Å². The summed E-state index contributed by atoms with van der Waals surface area (Å²) in [7, 11) is 3.11. The highest BCUT2D eigenvalue weighted by atomic mass is 16.7. The molecule has 2 aromatic rings. The Bertz CT molecular complexity index is 621. The number of nitrogens with zero attached hydrogens (tertiary/aromatic N) is 3. The molecule has 0 saturated heterocycles. The number of benzene rings is 1. The summed E-state index contributed by atoms with van der Waals surface area (Å²) in [4.78, 5) is 21.1. The van der Waals surface area contributed by atoms with E-state index in [-0.39, 0.29) is 11.9 Å². The van der Waals surface area contributed by atoms with Gasteiger partial charge in [0.05, 0.1) is 37.8 Å². The third kappa shape index (κ3) is 1.82. The van der Waals surface area contributed by atoms with E-state index in [1.165, 1.54) is 12.2 Å². The van der Waals surface area contributed by atoms with Crippen LogP contribution in [0.2, 0.25) is 0 Å². The Morgan fingerprint density at radius 1 is 1.47 bits per heavy atom. The first-order valence-corrected chi connectivity index (χ1v) is 6.14.